The van der Waals surface area contributed by atoms with E-state index in [-0.39, 0.29) is 0 Å². The van der Waals surface area contributed by atoms with Crippen molar-refractivity contribution in [1.82, 2.24) is 5.32 Å². The zero-order valence-electron chi connectivity index (χ0n) is 15.7. The molecular formula is C21H38N2. The molecule has 3 N–H and O–H groups in total. The van der Waals surface area contributed by atoms with Crippen LogP contribution in [-0.2, 0) is 0 Å². The van der Waals surface area contributed by atoms with Gasteiger partial charge >= 0.3 is 0 Å². The van der Waals surface area contributed by atoms with Crippen LogP contribution in [0.4, 0.5) is 0 Å². The summed E-state index contributed by atoms with van der Waals surface area (Å²) in [7, 11) is 0. The third kappa shape index (κ3) is 8.53. The predicted octanol–water partition coefficient (Wildman–Crippen LogP) is 4.91. The second-order valence-electron chi connectivity index (χ2n) is 7.23. The molecule has 132 valence electrons. The number of rotatable bonds is 6. The zero-order chi connectivity index (χ0) is 17.1. The van der Waals surface area contributed by atoms with Gasteiger partial charge in [-0.05, 0) is 51.0 Å². The first-order valence-corrected chi connectivity index (χ1v) is 9.57. The molecule has 0 spiro atoms. The molecule has 2 rings (SSSR count). The first-order valence-electron chi connectivity index (χ1n) is 9.57. The lowest BCUT2D eigenvalue weighted by atomic mass is 9.88. The van der Waals surface area contributed by atoms with Gasteiger partial charge in [0.15, 0.2) is 0 Å². The first-order chi connectivity index (χ1) is 11.1. The van der Waals surface area contributed by atoms with Crippen molar-refractivity contribution >= 4 is 0 Å². The van der Waals surface area contributed by atoms with Gasteiger partial charge in [0.25, 0.3) is 0 Å². The lowest BCUT2D eigenvalue weighted by molar-refractivity contribution is 0.277. The van der Waals surface area contributed by atoms with Crippen LogP contribution in [0.1, 0.15) is 64.9 Å². The van der Waals surface area contributed by atoms with Gasteiger partial charge in [-0.15, -0.1) is 0 Å². The summed E-state index contributed by atoms with van der Waals surface area (Å²) in [5.41, 5.74) is 7.24. The first kappa shape index (κ1) is 20.2. The van der Waals surface area contributed by atoms with Crippen molar-refractivity contribution in [3.63, 3.8) is 0 Å². The topological polar surface area (TPSA) is 38.0 Å². The average Bonchev–Trinajstić information content (AvgIpc) is 2.58. The van der Waals surface area contributed by atoms with Gasteiger partial charge in [0.2, 0.25) is 0 Å². The smallest absolute Gasteiger partial charge is 0.00683 e. The highest BCUT2D eigenvalue weighted by Gasteiger charge is 2.20. The van der Waals surface area contributed by atoms with Gasteiger partial charge in [-0.2, -0.15) is 0 Å². The van der Waals surface area contributed by atoms with Crippen LogP contribution in [0, 0.1) is 18.8 Å². The minimum Gasteiger partial charge on any atom is -0.328 e. The van der Waals surface area contributed by atoms with Gasteiger partial charge in [-0.1, -0.05) is 69.5 Å². The normalized spacial score (nSPS) is 23.5. The van der Waals surface area contributed by atoms with Crippen LogP contribution < -0.4 is 11.1 Å². The Labute approximate surface area is 144 Å². The Balaban J connectivity index is 0.000000313. The summed E-state index contributed by atoms with van der Waals surface area (Å²) >= 11 is 0. The molecule has 2 atom stereocenters. The van der Waals surface area contributed by atoms with Crippen molar-refractivity contribution in [3.8, 4) is 0 Å². The summed E-state index contributed by atoms with van der Waals surface area (Å²) in [6, 6.07) is 11.5. The SMILES string of the molecule is CCC(C)[C@@H](CC)CNC1CCC(N)CC1.Cc1ccccc1. The molecule has 0 aromatic heterocycles. The van der Waals surface area contributed by atoms with E-state index < -0.39 is 0 Å². The molecule has 1 aliphatic carbocycles. The van der Waals surface area contributed by atoms with Crippen molar-refractivity contribution in [2.45, 2.75) is 78.3 Å². The van der Waals surface area contributed by atoms with E-state index in [4.69, 9.17) is 5.73 Å². The number of benzene rings is 1. The van der Waals surface area contributed by atoms with E-state index >= 15 is 0 Å². The molecule has 2 heteroatoms. The molecule has 1 fully saturated rings. The third-order valence-corrected chi connectivity index (χ3v) is 5.35. The fourth-order valence-electron chi connectivity index (χ4n) is 3.26. The summed E-state index contributed by atoms with van der Waals surface area (Å²) in [4.78, 5) is 0. The zero-order valence-corrected chi connectivity index (χ0v) is 15.7. The summed E-state index contributed by atoms with van der Waals surface area (Å²) in [5, 5.41) is 3.75. The van der Waals surface area contributed by atoms with Crippen LogP contribution in [0.5, 0.6) is 0 Å². The largest absolute Gasteiger partial charge is 0.328 e. The van der Waals surface area contributed by atoms with E-state index in [1.165, 1.54) is 50.6 Å². The van der Waals surface area contributed by atoms with E-state index in [2.05, 4.69) is 45.1 Å². The van der Waals surface area contributed by atoms with Gasteiger partial charge in [0.1, 0.15) is 0 Å². The Kier molecular flexibility index (Phi) is 10.2. The quantitative estimate of drug-likeness (QED) is 0.782. The van der Waals surface area contributed by atoms with E-state index in [9.17, 15) is 0 Å². The lowest BCUT2D eigenvalue weighted by Crippen LogP contribution is -2.40. The number of nitrogens with two attached hydrogens (primary N) is 1. The molecule has 2 nitrogen and oxygen atoms in total. The van der Waals surface area contributed by atoms with Gasteiger partial charge in [0.05, 0.1) is 0 Å². The van der Waals surface area contributed by atoms with Gasteiger partial charge < -0.3 is 11.1 Å². The Morgan fingerprint density at radius 2 is 1.65 bits per heavy atom. The average molecular weight is 319 g/mol. The standard InChI is InChI=1S/C14H30N2.C7H8/c1-4-11(3)12(5-2)10-16-14-8-6-13(15)7-9-14;1-7-5-3-2-4-6-7/h11-14,16H,4-10,15H2,1-3H3;2-6H,1H3/t11?,12-,13?,14?;/m0./s1. The molecule has 1 unspecified atom stereocenters. The molecule has 0 saturated heterocycles. The molecule has 0 bridgehead atoms. The Hall–Kier alpha value is -0.860. The maximum Gasteiger partial charge on any atom is 0.00683 e. The van der Waals surface area contributed by atoms with E-state index in [1.807, 2.05) is 18.2 Å². The molecule has 0 radical (unpaired) electrons. The summed E-state index contributed by atoms with van der Waals surface area (Å²) < 4.78 is 0. The summed E-state index contributed by atoms with van der Waals surface area (Å²) in [6.45, 7) is 10.3. The molecule has 0 amide bonds. The maximum atomic E-state index is 5.92. The molecule has 0 aliphatic heterocycles. The summed E-state index contributed by atoms with van der Waals surface area (Å²) in [6.07, 6.45) is 7.57. The molecule has 0 heterocycles. The predicted molar refractivity (Wildman–Crippen MR) is 103 cm³/mol. The van der Waals surface area contributed by atoms with E-state index in [0.29, 0.717) is 6.04 Å². The molecule has 1 aromatic carbocycles. The number of nitrogens with one attached hydrogen (secondary N) is 1. The minimum absolute atomic E-state index is 0.467. The number of hydrogen-bond donors (Lipinski definition) is 2. The molecule has 23 heavy (non-hydrogen) atoms. The van der Waals surface area contributed by atoms with Crippen molar-refractivity contribution < 1.29 is 0 Å². The fourth-order valence-corrected chi connectivity index (χ4v) is 3.26. The van der Waals surface area contributed by atoms with Gasteiger partial charge in [0, 0.05) is 12.1 Å². The van der Waals surface area contributed by atoms with Crippen LogP contribution in [0.2, 0.25) is 0 Å². The van der Waals surface area contributed by atoms with Gasteiger partial charge in [-0.3, -0.25) is 0 Å². The van der Waals surface area contributed by atoms with Crippen molar-refractivity contribution in [3.05, 3.63) is 35.9 Å². The van der Waals surface area contributed by atoms with Crippen molar-refractivity contribution in [1.29, 1.82) is 0 Å². The molecular weight excluding hydrogens is 280 g/mol. The number of aryl methyl sites for hydroxylation is 1. The van der Waals surface area contributed by atoms with Crippen molar-refractivity contribution in [2.24, 2.45) is 17.6 Å². The van der Waals surface area contributed by atoms with E-state index in [0.717, 1.165) is 17.9 Å². The fraction of sp³-hybridized carbons (Fsp3) is 0.714. The van der Waals surface area contributed by atoms with Crippen LogP contribution in [0.25, 0.3) is 0 Å². The van der Waals surface area contributed by atoms with Crippen LogP contribution >= 0.6 is 0 Å². The Morgan fingerprint density at radius 1 is 1.04 bits per heavy atom. The maximum absolute atomic E-state index is 5.92. The molecule has 1 aromatic rings. The Morgan fingerprint density at radius 3 is 2.09 bits per heavy atom. The second kappa shape index (κ2) is 11.6. The summed E-state index contributed by atoms with van der Waals surface area (Å²) in [5.74, 6) is 1.70. The van der Waals surface area contributed by atoms with Gasteiger partial charge in [-0.25, -0.2) is 0 Å². The third-order valence-electron chi connectivity index (χ3n) is 5.35. The second-order valence-corrected chi connectivity index (χ2v) is 7.23. The van der Waals surface area contributed by atoms with Crippen LogP contribution in [0.3, 0.4) is 0 Å². The van der Waals surface area contributed by atoms with Crippen LogP contribution in [0.15, 0.2) is 30.3 Å². The van der Waals surface area contributed by atoms with Crippen molar-refractivity contribution in [2.75, 3.05) is 6.54 Å². The van der Waals surface area contributed by atoms with E-state index in [1.54, 1.807) is 0 Å². The van der Waals surface area contributed by atoms with Crippen LogP contribution in [-0.4, -0.2) is 18.6 Å². The molecule has 1 aliphatic rings. The highest BCUT2D eigenvalue weighted by atomic mass is 14.9. The highest BCUT2D eigenvalue weighted by Crippen LogP contribution is 2.20. The monoisotopic (exact) mass is 318 g/mol. The lowest BCUT2D eigenvalue weighted by Gasteiger charge is -2.30. The Bertz CT molecular complexity index is 382. The molecule has 1 saturated carbocycles. The minimum atomic E-state index is 0.467. The number of hydrogen-bond acceptors (Lipinski definition) is 2. The highest BCUT2D eigenvalue weighted by molar-refractivity contribution is 5.11.